The zero-order valence-electron chi connectivity index (χ0n) is 21.3. The van der Waals surface area contributed by atoms with Gasteiger partial charge in [0.1, 0.15) is 5.75 Å². The van der Waals surface area contributed by atoms with Crippen molar-refractivity contribution in [1.82, 2.24) is 9.80 Å². The van der Waals surface area contributed by atoms with Crippen LogP contribution < -0.4 is 4.74 Å². The Morgan fingerprint density at radius 2 is 1.92 bits per heavy atom. The second-order valence-corrected chi connectivity index (χ2v) is 9.88. The number of benzene rings is 2. The minimum Gasteiger partial charge on any atom is -0.481 e. The highest BCUT2D eigenvalue weighted by atomic mass is 16.5. The fourth-order valence-electron chi connectivity index (χ4n) is 5.68. The first-order valence-corrected chi connectivity index (χ1v) is 13.2. The molecule has 6 heteroatoms. The largest absolute Gasteiger partial charge is 0.481 e. The molecule has 5 rings (SSSR count). The molecule has 1 aliphatic carbocycles. The van der Waals surface area contributed by atoms with Crippen LogP contribution in [0.2, 0.25) is 0 Å². The molecule has 1 aliphatic heterocycles. The molecule has 2 unspecified atom stereocenters. The first kappa shape index (κ1) is 24.9. The first-order chi connectivity index (χ1) is 18.1. The molecule has 3 aromatic rings. The summed E-state index contributed by atoms with van der Waals surface area (Å²) in [6.45, 7) is 6.77. The molecule has 37 heavy (non-hydrogen) atoms. The molecule has 0 radical (unpaired) electrons. The lowest BCUT2D eigenvalue weighted by molar-refractivity contribution is -0.139. The van der Waals surface area contributed by atoms with Gasteiger partial charge in [-0.1, -0.05) is 55.3 Å². The molecule has 0 saturated heterocycles. The highest BCUT2D eigenvalue weighted by Crippen LogP contribution is 2.38. The number of hydrogen-bond donors (Lipinski definition) is 0. The van der Waals surface area contributed by atoms with Gasteiger partial charge in [0.05, 0.1) is 12.3 Å². The van der Waals surface area contributed by atoms with E-state index in [1.807, 2.05) is 59.2 Å². The molecule has 2 atom stereocenters. The van der Waals surface area contributed by atoms with Gasteiger partial charge in [0.15, 0.2) is 11.9 Å². The van der Waals surface area contributed by atoms with E-state index in [1.54, 1.807) is 18.2 Å². The third-order valence-corrected chi connectivity index (χ3v) is 7.49. The molecule has 1 saturated carbocycles. The SMILES string of the molecule is C=CCN(C(=O)C(C)Oc1ccc2c(c1)C(c1ccccc1)N(C(=O)c1ccco1)CC2)C1CCCC1. The average Bonchev–Trinajstić information content (AvgIpc) is 3.66. The van der Waals surface area contributed by atoms with E-state index in [9.17, 15) is 9.59 Å². The van der Waals surface area contributed by atoms with Crippen molar-refractivity contribution >= 4 is 11.8 Å². The molecule has 2 heterocycles. The summed E-state index contributed by atoms with van der Waals surface area (Å²) in [4.78, 5) is 30.6. The number of hydrogen-bond acceptors (Lipinski definition) is 4. The van der Waals surface area contributed by atoms with Gasteiger partial charge in [-0.05, 0) is 67.1 Å². The van der Waals surface area contributed by atoms with Gasteiger partial charge < -0.3 is 19.0 Å². The van der Waals surface area contributed by atoms with Crippen LogP contribution in [0.4, 0.5) is 0 Å². The summed E-state index contributed by atoms with van der Waals surface area (Å²) in [5.74, 6) is 0.790. The Labute approximate surface area is 218 Å². The summed E-state index contributed by atoms with van der Waals surface area (Å²) >= 11 is 0. The van der Waals surface area contributed by atoms with Crippen LogP contribution in [0.5, 0.6) is 5.75 Å². The molecule has 0 bridgehead atoms. The highest BCUT2D eigenvalue weighted by molar-refractivity contribution is 5.92. The van der Waals surface area contributed by atoms with Gasteiger partial charge in [0.2, 0.25) is 0 Å². The van der Waals surface area contributed by atoms with Crippen molar-refractivity contribution in [2.24, 2.45) is 0 Å². The number of fused-ring (bicyclic) bond motifs is 1. The number of amides is 2. The van der Waals surface area contributed by atoms with E-state index >= 15 is 0 Å². The van der Waals surface area contributed by atoms with Crippen LogP contribution in [0.3, 0.4) is 0 Å². The molecule has 0 N–H and O–H groups in total. The second kappa shape index (κ2) is 11.1. The normalized spacial score (nSPS) is 18.2. The Bertz CT molecular complexity index is 1230. The third kappa shape index (κ3) is 5.19. The van der Waals surface area contributed by atoms with Crippen molar-refractivity contribution in [3.05, 3.63) is 102 Å². The maximum Gasteiger partial charge on any atom is 0.290 e. The molecule has 2 aliphatic rings. The van der Waals surface area contributed by atoms with E-state index in [2.05, 4.69) is 12.6 Å². The minimum absolute atomic E-state index is 0.0150. The summed E-state index contributed by atoms with van der Waals surface area (Å²) in [5.41, 5.74) is 3.19. The monoisotopic (exact) mass is 498 g/mol. The number of ether oxygens (including phenoxy) is 1. The number of carbonyl (C=O) groups excluding carboxylic acids is 2. The molecule has 6 nitrogen and oxygen atoms in total. The summed E-state index contributed by atoms with van der Waals surface area (Å²) in [6, 6.07) is 19.4. The van der Waals surface area contributed by atoms with Crippen LogP contribution in [-0.4, -0.2) is 46.8 Å². The lowest BCUT2D eigenvalue weighted by Crippen LogP contribution is -2.45. The van der Waals surface area contributed by atoms with Gasteiger partial charge in [-0.15, -0.1) is 6.58 Å². The summed E-state index contributed by atoms with van der Waals surface area (Å²) in [7, 11) is 0. The first-order valence-electron chi connectivity index (χ1n) is 13.2. The molecule has 2 amide bonds. The van der Waals surface area contributed by atoms with E-state index < -0.39 is 6.10 Å². The Morgan fingerprint density at radius 3 is 2.62 bits per heavy atom. The number of nitrogens with zero attached hydrogens (tertiary/aromatic N) is 2. The Balaban J connectivity index is 1.43. The van der Waals surface area contributed by atoms with Crippen LogP contribution in [-0.2, 0) is 11.2 Å². The van der Waals surface area contributed by atoms with Crippen LogP contribution in [0.25, 0.3) is 0 Å². The van der Waals surface area contributed by atoms with Gasteiger partial charge in [-0.3, -0.25) is 9.59 Å². The van der Waals surface area contributed by atoms with Crippen LogP contribution >= 0.6 is 0 Å². The third-order valence-electron chi connectivity index (χ3n) is 7.49. The Morgan fingerprint density at radius 1 is 1.14 bits per heavy atom. The van der Waals surface area contributed by atoms with E-state index in [1.165, 1.54) is 11.8 Å². The zero-order chi connectivity index (χ0) is 25.8. The summed E-state index contributed by atoms with van der Waals surface area (Å²) in [6.07, 6.45) is 7.78. The fourth-order valence-corrected chi connectivity index (χ4v) is 5.68. The average molecular weight is 499 g/mol. The number of rotatable bonds is 8. The number of furan rings is 1. The van der Waals surface area contributed by atoms with E-state index in [0.29, 0.717) is 24.6 Å². The molecule has 0 spiro atoms. The zero-order valence-corrected chi connectivity index (χ0v) is 21.3. The molecule has 1 fully saturated rings. The second-order valence-electron chi connectivity index (χ2n) is 9.88. The maximum absolute atomic E-state index is 13.4. The fraction of sp³-hybridized carbons (Fsp3) is 0.355. The summed E-state index contributed by atoms with van der Waals surface area (Å²) < 4.78 is 11.7. The predicted octanol–water partition coefficient (Wildman–Crippen LogP) is 5.79. The molecule has 192 valence electrons. The predicted molar refractivity (Wildman–Crippen MR) is 142 cm³/mol. The van der Waals surface area contributed by atoms with Crippen LogP contribution in [0.15, 0.2) is 84.0 Å². The highest BCUT2D eigenvalue weighted by Gasteiger charge is 2.34. The quantitative estimate of drug-likeness (QED) is 0.369. The van der Waals surface area contributed by atoms with Crippen molar-refractivity contribution in [2.75, 3.05) is 13.1 Å². The number of carbonyl (C=O) groups is 2. The summed E-state index contributed by atoms with van der Waals surface area (Å²) in [5, 5.41) is 0. The van der Waals surface area contributed by atoms with Crippen LogP contribution in [0.1, 0.15) is 65.9 Å². The lowest BCUT2D eigenvalue weighted by Gasteiger charge is -2.37. The maximum atomic E-state index is 13.4. The molecular formula is C31H34N2O4. The molecule has 1 aromatic heterocycles. The van der Waals surface area contributed by atoms with Crippen molar-refractivity contribution in [3.63, 3.8) is 0 Å². The standard InChI is InChI=1S/C31H34N2O4/c1-3-18-32(25-12-7-8-13-25)30(34)22(2)37-26-16-15-23-17-19-33(31(35)28-14-9-20-36-28)29(27(23)21-26)24-10-5-4-6-11-24/h3-6,9-11,14-16,20-22,25,29H,1,7-8,12-13,17-19H2,2H3. The smallest absolute Gasteiger partial charge is 0.290 e. The lowest BCUT2D eigenvalue weighted by atomic mass is 9.87. The molecule has 2 aromatic carbocycles. The van der Waals surface area contributed by atoms with Crippen LogP contribution in [0, 0.1) is 0 Å². The van der Waals surface area contributed by atoms with Crippen molar-refractivity contribution < 1.29 is 18.7 Å². The Kier molecular flexibility index (Phi) is 7.45. The Hall–Kier alpha value is -3.80. The minimum atomic E-state index is -0.627. The van der Waals surface area contributed by atoms with Gasteiger partial charge in [0, 0.05) is 19.1 Å². The topological polar surface area (TPSA) is 63.0 Å². The van der Waals surface area contributed by atoms with Gasteiger partial charge >= 0.3 is 0 Å². The van der Waals surface area contributed by atoms with E-state index in [0.717, 1.165) is 43.2 Å². The van der Waals surface area contributed by atoms with Crippen molar-refractivity contribution in [3.8, 4) is 5.75 Å². The van der Waals surface area contributed by atoms with E-state index in [4.69, 9.17) is 9.15 Å². The van der Waals surface area contributed by atoms with Gasteiger partial charge in [0.25, 0.3) is 11.8 Å². The molecular weight excluding hydrogens is 464 g/mol. The van der Waals surface area contributed by atoms with E-state index in [-0.39, 0.29) is 23.9 Å². The van der Waals surface area contributed by atoms with Gasteiger partial charge in [-0.2, -0.15) is 0 Å². The van der Waals surface area contributed by atoms with Crippen molar-refractivity contribution in [2.45, 2.75) is 57.2 Å². The van der Waals surface area contributed by atoms with Crippen molar-refractivity contribution in [1.29, 1.82) is 0 Å². The van der Waals surface area contributed by atoms with Gasteiger partial charge in [-0.25, -0.2) is 0 Å².